The van der Waals surface area contributed by atoms with Gasteiger partial charge in [0.1, 0.15) is 0 Å². The molecule has 0 fully saturated rings. The summed E-state index contributed by atoms with van der Waals surface area (Å²) in [6.07, 6.45) is 3.96. The van der Waals surface area contributed by atoms with Crippen molar-refractivity contribution in [2.75, 3.05) is 0 Å². The molecule has 0 aromatic rings. The summed E-state index contributed by atoms with van der Waals surface area (Å²) in [6.45, 7) is 9.41. The van der Waals surface area contributed by atoms with Gasteiger partial charge in [-0.2, -0.15) is 0 Å². The third-order valence-electron chi connectivity index (χ3n) is 0.907. The van der Waals surface area contributed by atoms with E-state index < -0.39 is 0 Å². The molecule has 0 aromatic heterocycles. The Morgan fingerprint density at radius 2 is 1.78 bits per heavy atom. The molecule has 0 rings (SSSR count). The lowest BCUT2D eigenvalue weighted by atomic mass is 10.3. The van der Waals surface area contributed by atoms with Crippen LogP contribution in [0.5, 0.6) is 0 Å². The molecule has 50 valence electrons. The number of hydrogen-bond acceptors (Lipinski definition) is 1. The van der Waals surface area contributed by atoms with Crippen LogP contribution in [-0.4, -0.2) is 6.72 Å². The normalized spacial score (nSPS) is 10.8. The Hall–Kier alpha value is -0.850. The van der Waals surface area contributed by atoms with Crippen LogP contribution < -0.4 is 0 Å². The summed E-state index contributed by atoms with van der Waals surface area (Å²) in [7, 11) is 0. The number of nitrogens with zero attached hydrogens (tertiary/aromatic N) is 1. The Kier molecular flexibility index (Phi) is 3.69. The van der Waals surface area contributed by atoms with Gasteiger partial charge < -0.3 is 0 Å². The average Bonchev–Trinajstić information content (AvgIpc) is 1.83. The lowest BCUT2D eigenvalue weighted by Gasteiger charge is -1.85. The maximum Gasteiger partial charge on any atom is 0.0365 e. The van der Waals surface area contributed by atoms with Crippen molar-refractivity contribution in [3.63, 3.8) is 0 Å². The van der Waals surface area contributed by atoms with Gasteiger partial charge in [0.25, 0.3) is 0 Å². The predicted molar refractivity (Wildman–Crippen MR) is 42.7 cm³/mol. The fourth-order valence-electron chi connectivity index (χ4n) is 0.340. The molecule has 0 saturated carbocycles. The highest BCUT2D eigenvalue weighted by Gasteiger charge is 1.75. The van der Waals surface area contributed by atoms with E-state index in [1.807, 2.05) is 32.9 Å². The van der Waals surface area contributed by atoms with Gasteiger partial charge in [0, 0.05) is 5.70 Å². The van der Waals surface area contributed by atoms with Crippen molar-refractivity contribution in [2.45, 2.75) is 20.8 Å². The first kappa shape index (κ1) is 8.15. The van der Waals surface area contributed by atoms with Crippen LogP contribution in [-0.2, 0) is 0 Å². The molecule has 0 N–H and O–H groups in total. The summed E-state index contributed by atoms with van der Waals surface area (Å²) in [6, 6.07) is 0. The number of hydrogen-bond donors (Lipinski definition) is 0. The monoisotopic (exact) mass is 123 g/mol. The summed E-state index contributed by atoms with van der Waals surface area (Å²) >= 11 is 0. The van der Waals surface area contributed by atoms with Gasteiger partial charge in [-0.15, -0.1) is 0 Å². The van der Waals surface area contributed by atoms with E-state index in [1.54, 1.807) is 0 Å². The summed E-state index contributed by atoms with van der Waals surface area (Å²) in [5, 5.41) is 0. The van der Waals surface area contributed by atoms with Crippen molar-refractivity contribution < 1.29 is 0 Å². The molecule has 0 radical (unpaired) electrons. The Bertz CT molecular complexity index is 148. The molecule has 0 aromatic carbocycles. The van der Waals surface area contributed by atoms with Gasteiger partial charge in [0.15, 0.2) is 0 Å². The van der Waals surface area contributed by atoms with E-state index in [2.05, 4.69) is 11.7 Å². The minimum absolute atomic E-state index is 0.955. The van der Waals surface area contributed by atoms with Crippen LogP contribution in [0.2, 0.25) is 0 Å². The number of allylic oxidation sites excluding steroid dienone is 4. The Labute approximate surface area is 56.8 Å². The Morgan fingerprint density at radius 1 is 1.22 bits per heavy atom. The van der Waals surface area contributed by atoms with Crippen LogP contribution in [0.4, 0.5) is 0 Å². The van der Waals surface area contributed by atoms with Crippen molar-refractivity contribution in [3.8, 4) is 0 Å². The van der Waals surface area contributed by atoms with Gasteiger partial charge in [0.05, 0.1) is 0 Å². The van der Waals surface area contributed by atoms with E-state index in [0.29, 0.717) is 0 Å². The molecule has 0 saturated heterocycles. The van der Waals surface area contributed by atoms with E-state index in [1.165, 1.54) is 5.57 Å². The molecule has 0 atom stereocenters. The maximum absolute atomic E-state index is 3.73. The molecule has 0 aliphatic rings. The van der Waals surface area contributed by atoms with Crippen LogP contribution >= 0.6 is 0 Å². The zero-order valence-corrected chi connectivity index (χ0v) is 6.31. The minimum atomic E-state index is 0.955. The van der Waals surface area contributed by atoms with Crippen molar-refractivity contribution in [3.05, 3.63) is 23.4 Å². The minimum Gasteiger partial charge on any atom is -0.269 e. The van der Waals surface area contributed by atoms with Crippen LogP contribution in [0, 0.1) is 0 Å². The summed E-state index contributed by atoms with van der Waals surface area (Å²) in [5.41, 5.74) is 2.23. The van der Waals surface area contributed by atoms with Crippen LogP contribution in [0.15, 0.2) is 28.4 Å². The highest BCUT2D eigenvalue weighted by Crippen LogP contribution is 1.95. The number of rotatable bonds is 2. The second-order valence-corrected chi connectivity index (χ2v) is 2.21. The third-order valence-corrected chi connectivity index (χ3v) is 0.907. The zero-order valence-electron chi connectivity index (χ0n) is 6.31. The van der Waals surface area contributed by atoms with E-state index in [-0.39, 0.29) is 0 Å². The van der Waals surface area contributed by atoms with E-state index in [4.69, 9.17) is 0 Å². The van der Waals surface area contributed by atoms with Gasteiger partial charge >= 0.3 is 0 Å². The molecule has 1 nitrogen and oxygen atoms in total. The highest BCUT2D eigenvalue weighted by molar-refractivity contribution is 5.29. The SMILES string of the molecule is C=N/C(C)=C\C=C(C)C. The third kappa shape index (κ3) is 5.01. The fraction of sp³-hybridized carbons (Fsp3) is 0.375. The van der Waals surface area contributed by atoms with E-state index in [0.717, 1.165) is 5.70 Å². The first-order valence-corrected chi connectivity index (χ1v) is 2.95. The lowest BCUT2D eigenvalue weighted by Crippen LogP contribution is -1.65. The smallest absolute Gasteiger partial charge is 0.0365 e. The van der Waals surface area contributed by atoms with Crippen molar-refractivity contribution >= 4 is 6.72 Å². The summed E-state index contributed by atoms with van der Waals surface area (Å²) in [4.78, 5) is 3.73. The zero-order chi connectivity index (χ0) is 7.28. The van der Waals surface area contributed by atoms with Gasteiger partial charge in [-0.3, -0.25) is 4.99 Å². The molecule has 0 bridgehead atoms. The van der Waals surface area contributed by atoms with Crippen LogP contribution in [0.1, 0.15) is 20.8 Å². The van der Waals surface area contributed by atoms with Crippen LogP contribution in [0.25, 0.3) is 0 Å². The van der Waals surface area contributed by atoms with E-state index >= 15 is 0 Å². The highest BCUT2D eigenvalue weighted by atomic mass is 14.7. The molecule has 0 unspecified atom stereocenters. The maximum atomic E-state index is 3.73. The standard InChI is InChI=1S/C8H13N/c1-7(2)5-6-8(3)9-4/h5-6H,4H2,1-3H3/b8-6-. The molecule has 0 heterocycles. The van der Waals surface area contributed by atoms with Gasteiger partial charge in [0.2, 0.25) is 0 Å². The molecule has 0 aliphatic heterocycles. The average molecular weight is 123 g/mol. The Morgan fingerprint density at radius 3 is 2.11 bits per heavy atom. The van der Waals surface area contributed by atoms with Crippen molar-refractivity contribution in [1.29, 1.82) is 0 Å². The summed E-state index contributed by atoms with van der Waals surface area (Å²) in [5.74, 6) is 0. The molecule has 0 spiro atoms. The second-order valence-electron chi connectivity index (χ2n) is 2.21. The van der Waals surface area contributed by atoms with Crippen LogP contribution in [0.3, 0.4) is 0 Å². The topological polar surface area (TPSA) is 12.4 Å². The molecular weight excluding hydrogens is 110 g/mol. The second kappa shape index (κ2) is 4.07. The van der Waals surface area contributed by atoms with Gasteiger partial charge in [-0.1, -0.05) is 11.6 Å². The largest absolute Gasteiger partial charge is 0.269 e. The summed E-state index contributed by atoms with van der Waals surface area (Å²) < 4.78 is 0. The number of aliphatic imine (C=N–C) groups is 1. The van der Waals surface area contributed by atoms with E-state index in [9.17, 15) is 0 Å². The lowest BCUT2D eigenvalue weighted by molar-refractivity contribution is 1.31. The molecular formula is C8H13N. The molecule has 1 heteroatoms. The first-order valence-electron chi connectivity index (χ1n) is 2.95. The molecule has 0 aliphatic carbocycles. The van der Waals surface area contributed by atoms with Crippen molar-refractivity contribution in [2.24, 2.45) is 4.99 Å². The fourth-order valence-corrected chi connectivity index (χ4v) is 0.340. The van der Waals surface area contributed by atoms with Gasteiger partial charge in [-0.05, 0) is 33.6 Å². The quantitative estimate of drug-likeness (QED) is 0.395. The molecule has 0 amide bonds. The van der Waals surface area contributed by atoms with Gasteiger partial charge in [-0.25, -0.2) is 0 Å². The Balaban J connectivity index is 3.98. The first-order chi connectivity index (χ1) is 4.16. The predicted octanol–water partition coefficient (Wildman–Crippen LogP) is 2.56. The molecule has 9 heavy (non-hydrogen) atoms. The van der Waals surface area contributed by atoms with Crippen molar-refractivity contribution in [1.82, 2.24) is 0 Å².